The zero-order valence-corrected chi connectivity index (χ0v) is 29.6. The lowest BCUT2D eigenvalue weighted by atomic mass is 9.93. The molecule has 0 fully saturated rings. The number of nitrogens with zero attached hydrogens (tertiary/aromatic N) is 4. The quantitative estimate of drug-likeness (QED) is 0.171. The van der Waals surface area contributed by atoms with Crippen molar-refractivity contribution in [3.63, 3.8) is 0 Å². The smallest absolute Gasteiger partial charge is 0.338 e. The van der Waals surface area contributed by atoms with Crippen molar-refractivity contribution in [2.45, 2.75) is 60.6 Å². The molecule has 0 spiro atoms. The third kappa shape index (κ3) is 5.84. The number of thiazole rings is 1. The van der Waals surface area contributed by atoms with Crippen LogP contribution in [0.15, 0.2) is 76.0 Å². The van der Waals surface area contributed by atoms with E-state index in [9.17, 15) is 14.9 Å². The van der Waals surface area contributed by atoms with Crippen LogP contribution in [-0.2, 0) is 9.53 Å². The molecule has 0 saturated heterocycles. The number of esters is 1. The first-order valence-electron chi connectivity index (χ1n) is 15.8. The standard InChI is InChI=1S/C38H36N4O4S2/c1-8-45-37(44)32-33(26-12-10-9-11-13-26)40-38-42(34(32)27-14-16-29(17-15-27)46-21(2)3)35(43)31(48-38)19-28-18-22(4)41(24(28)6)36-30(20-39)23(5)25(7)47-36/h9-19,21,34H,8H2,1-7H3/b31-19-/t34-/m0/s1. The zero-order chi connectivity index (χ0) is 34.3. The summed E-state index contributed by atoms with van der Waals surface area (Å²) < 4.78 is 15.7. The minimum absolute atomic E-state index is 0.00509. The van der Waals surface area contributed by atoms with Gasteiger partial charge in [-0.3, -0.25) is 9.36 Å². The van der Waals surface area contributed by atoms with Gasteiger partial charge in [0.05, 0.1) is 40.1 Å². The second-order valence-corrected chi connectivity index (χ2v) is 14.1. The van der Waals surface area contributed by atoms with E-state index in [0.717, 1.165) is 43.5 Å². The van der Waals surface area contributed by atoms with E-state index in [1.165, 1.54) is 11.3 Å². The number of nitriles is 1. The van der Waals surface area contributed by atoms with Crippen LogP contribution in [0.5, 0.6) is 5.75 Å². The van der Waals surface area contributed by atoms with Crippen LogP contribution in [0.4, 0.5) is 0 Å². The van der Waals surface area contributed by atoms with Gasteiger partial charge in [-0.05, 0) is 89.4 Å². The second-order valence-electron chi connectivity index (χ2n) is 11.9. The van der Waals surface area contributed by atoms with Crippen molar-refractivity contribution >= 4 is 40.4 Å². The fourth-order valence-electron chi connectivity index (χ4n) is 6.04. The molecule has 48 heavy (non-hydrogen) atoms. The van der Waals surface area contributed by atoms with Gasteiger partial charge in [-0.1, -0.05) is 53.8 Å². The molecule has 8 nitrogen and oxygen atoms in total. The Morgan fingerprint density at radius 3 is 2.42 bits per heavy atom. The molecule has 0 radical (unpaired) electrons. The van der Waals surface area contributed by atoms with E-state index in [1.807, 2.05) is 108 Å². The van der Waals surface area contributed by atoms with Crippen LogP contribution in [0.25, 0.3) is 16.8 Å². The van der Waals surface area contributed by atoms with E-state index in [-0.39, 0.29) is 18.3 Å². The van der Waals surface area contributed by atoms with Crippen LogP contribution in [0, 0.1) is 39.0 Å². The Hall–Kier alpha value is -4.98. The minimum Gasteiger partial charge on any atom is -0.491 e. The summed E-state index contributed by atoms with van der Waals surface area (Å²) >= 11 is 2.87. The highest BCUT2D eigenvalue weighted by atomic mass is 32.1. The maximum absolute atomic E-state index is 14.4. The lowest BCUT2D eigenvalue weighted by molar-refractivity contribution is -0.138. The second kappa shape index (κ2) is 13.3. The zero-order valence-electron chi connectivity index (χ0n) is 28.0. The molecule has 2 aromatic carbocycles. The number of aromatic nitrogens is 2. The fourth-order valence-corrected chi connectivity index (χ4v) is 8.25. The Bertz CT molecular complexity index is 2300. The number of rotatable bonds is 8. The number of hydrogen-bond donors (Lipinski definition) is 0. The van der Waals surface area contributed by atoms with E-state index in [4.69, 9.17) is 14.5 Å². The summed E-state index contributed by atoms with van der Waals surface area (Å²) in [5.74, 6) is 0.164. The summed E-state index contributed by atoms with van der Waals surface area (Å²) in [6.07, 6.45) is 1.88. The van der Waals surface area contributed by atoms with Gasteiger partial charge in [-0.2, -0.15) is 5.26 Å². The van der Waals surface area contributed by atoms with Gasteiger partial charge in [0, 0.05) is 21.8 Å². The van der Waals surface area contributed by atoms with Crippen molar-refractivity contribution in [3.05, 3.63) is 130 Å². The Morgan fingerprint density at radius 1 is 1.06 bits per heavy atom. The van der Waals surface area contributed by atoms with Crippen molar-refractivity contribution in [1.29, 1.82) is 5.26 Å². The van der Waals surface area contributed by atoms with Gasteiger partial charge in [0.2, 0.25) is 0 Å². The summed E-state index contributed by atoms with van der Waals surface area (Å²) in [4.78, 5) is 34.8. The molecular weight excluding hydrogens is 641 g/mol. The molecule has 1 aliphatic rings. The van der Waals surface area contributed by atoms with E-state index < -0.39 is 12.0 Å². The van der Waals surface area contributed by atoms with Crippen molar-refractivity contribution in [1.82, 2.24) is 9.13 Å². The van der Waals surface area contributed by atoms with Crippen molar-refractivity contribution in [3.8, 4) is 16.8 Å². The summed E-state index contributed by atoms with van der Waals surface area (Å²) in [6.45, 7) is 13.9. The number of ether oxygens (including phenoxy) is 2. The maximum atomic E-state index is 14.4. The number of thiophene rings is 1. The number of carbonyl (C=O) groups excluding carboxylic acids is 1. The van der Waals surface area contributed by atoms with E-state index >= 15 is 0 Å². The first kappa shape index (κ1) is 32.9. The molecule has 5 aromatic rings. The van der Waals surface area contributed by atoms with Crippen LogP contribution in [-0.4, -0.2) is 27.8 Å². The molecule has 6 rings (SSSR count). The molecule has 3 aromatic heterocycles. The Kier molecular flexibility index (Phi) is 9.10. The molecule has 0 amide bonds. The summed E-state index contributed by atoms with van der Waals surface area (Å²) in [6, 6.07) is 20.6. The highest BCUT2D eigenvalue weighted by molar-refractivity contribution is 7.15. The Labute approximate surface area is 287 Å². The van der Waals surface area contributed by atoms with Crippen LogP contribution < -0.4 is 19.6 Å². The van der Waals surface area contributed by atoms with Gasteiger partial charge in [-0.25, -0.2) is 9.79 Å². The largest absolute Gasteiger partial charge is 0.491 e. The van der Waals surface area contributed by atoms with Gasteiger partial charge >= 0.3 is 5.97 Å². The molecule has 4 heterocycles. The molecule has 0 saturated carbocycles. The predicted molar refractivity (Wildman–Crippen MR) is 191 cm³/mol. The van der Waals surface area contributed by atoms with Crippen molar-refractivity contribution in [2.75, 3.05) is 6.61 Å². The molecule has 1 atom stereocenters. The molecular formula is C38H36N4O4S2. The van der Waals surface area contributed by atoms with E-state index in [2.05, 4.69) is 10.6 Å². The lowest BCUT2D eigenvalue weighted by Crippen LogP contribution is -2.40. The van der Waals surface area contributed by atoms with Gasteiger partial charge < -0.3 is 14.0 Å². The van der Waals surface area contributed by atoms with Crippen LogP contribution in [0.1, 0.15) is 70.9 Å². The lowest BCUT2D eigenvalue weighted by Gasteiger charge is -2.26. The third-order valence-corrected chi connectivity index (χ3v) is 10.6. The molecule has 0 unspecified atom stereocenters. The number of carbonyl (C=O) groups is 1. The normalized spacial score (nSPS) is 14.6. The highest BCUT2D eigenvalue weighted by Gasteiger charge is 2.35. The number of hydrogen-bond acceptors (Lipinski definition) is 8. The number of benzene rings is 2. The molecule has 1 aliphatic heterocycles. The molecule has 0 N–H and O–H groups in total. The molecule has 0 bridgehead atoms. The monoisotopic (exact) mass is 676 g/mol. The van der Waals surface area contributed by atoms with Crippen LogP contribution >= 0.6 is 22.7 Å². The summed E-state index contributed by atoms with van der Waals surface area (Å²) in [5.41, 5.74) is 6.38. The first-order chi connectivity index (χ1) is 23.0. The average molecular weight is 677 g/mol. The molecule has 0 aliphatic carbocycles. The van der Waals surface area contributed by atoms with Gasteiger partial charge in [0.15, 0.2) is 4.80 Å². The predicted octanol–water partition coefficient (Wildman–Crippen LogP) is 6.68. The van der Waals surface area contributed by atoms with Crippen molar-refractivity contribution < 1.29 is 14.3 Å². The van der Waals surface area contributed by atoms with E-state index in [1.54, 1.807) is 22.8 Å². The topological polar surface area (TPSA) is 98.6 Å². The SMILES string of the molecule is CCOC(=O)C1=C(c2ccccc2)N=c2s/c(=C\c3cc(C)n(-c4sc(C)c(C)c4C#N)c3C)c(=O)n2[C@H]1c1ccc(OC(C)C)cc1. The third-order valence-electron chi connectivity index (χ3n) is 8.38. The number of aryl methyl sites for hydroxylation is 2. The molecule has 244 valence electrons. The highest BCUT2D eigenvalue weighted by Crippen LogP contribution is 2.36. The average Bonchev–Trinajstić information content (AvgIpc) is 3.64. The van der Waals surface area contributed by atoms with Crippen molar-refractivity contribution in [2.24, 2.45) is 4.99 Å². The fraction of sp³-hybridized carbons (Fsp3) is 0.263. The van der Waals surface area contributed by atoms with E-state index in [0.29, 0.717) is 31.9 Å². The van der Waals surface area contributed by atoms with Gasteiger partial charge in [0.25, 0.3) is 5.56 Å². The Balaban J connectivity index is 1.59. The van der Waals surface area contributed by atoms with Gasteiger partial charge in [-0.15, -0.1) is 11.3 Å². The Morgan fingerprint density at radius 2 is 1.77 bits per heavy atom. The van der Waals surface area contributed by atoms with Crippen LogP contribution in [0.3, 0.4) is 0 Å². The maximum Gasteiger partial charge on any atom is 0.338 e. The first-order valence-corrected chi connectivity index (χ1v) is 17.4. The summed E-state index contributed by atoms with van der Waals surface area (Å²) in [5, 5.41) is 10.8. The minimum atomic E-state index is -0.784. The van der Waals surface area contributed by atoms with Gasteiger partial charge in [0.1, 0.15) is 16.8 Å². The number of fused-ring (bicyclic) bond motifs is 1. The molecule has 10 heteroatoms. The summed E-state index contributed by atoms with van der Waals surface area (Å²) in [7, 11) is 0. The van der Waals surface area contributed by atoms with Crippen LogP contribution in [0.2, 0.25) is 0 Å².